The number of benzene rings is 4. The molecule has 0 aliphatic carbocycles. The number of H-pyrrole nitrogens is 1. The Morgan fingerprint density at radius 2 is 1.50 bits per heavy atom. The maximum atomic E-state index is 15.0. The van der Waals surface area contributed by atoms with Gasteiger partial charge in [0, 0.05) is 29.6 Å². The number of para-hydroxylation sites is 2. The molecule has 1 spiro atoms. The topological polar surface area (TPSA) is 39.3 Å². The summed E-state index contributed by atoms with van der Waals surface area (Å²) in [4.78, 5) is 23.2. The molecule has 38 heavy (non-hydrogen) atoms. The molecule has 2 aliphatic heterocycles. The number of hydrogen-bond acceptors (Lipinski definition) is 2. The minimum absolute atomic E-state index is 0.126. The van der Waals surface area contributed by atoms with Gasteiger partial charge in [-0.25, -0.2) is 0 Å². The van der Waals surface area contributed by atoms with E-state index in [0.717, 1.165) is 41.0 Å². The van der Waals surface area contributed by atoms with Crippen LogP contribution in [0, 0.1) is 13.8 Å². The van der Waals surface area contributed by atoms with E-state index in [1.54, 1.807) is 0 Å². The van der Waals surface area contributed by atoms with Crippen LogP contribution in [0.5, 0.6) is 0 Å². The van der Waals surface area contributed by atoms with Crippen molar-refractivity contribution in [2.45, 2.75) is 38.9 Å². The predicted octanol–water partition coefficient (Wildman–Crippen LogP) is 6.63. The van der Waals surface area contributed by atoms with Gasteiger partial charge in [-0.1, -0.05) is 84.9 Å². The number of carbonyl (C=O) groups excluding carboxylic acids is 1. The summed E-state index contributed by atoms with van der Waals surface area (Å²) in [5.41, 5.74) is 9.51. The molecule has 1 atom stereocenters. The first kappa shape index (κ1) is 23.0. The van der Waals surface area contributed by atoms with E-state index in [-0.39, 0.29) is 5.91 Å². The summed E-state index contributed by atoms with van der Waals surface area (Å²) in [6.45, 7) is 6.43. The van der Waals surface area contributed by atoms with Gasteiger partial charge in [0.15, 0.2) is 5.54 Å². The fourth-order valence-corrected chi connectivity index (χ4v) is 6.73. The number of aromatic amines is 1. The Bertz CT molecular complexity index is 1660. The normalized spacial score (nSPS) is 18.8. The zero-order valence-corrected chi connectivity index (χ0v) is 21.9. The summed E-state index contributed by atoms with van der Waals surface area (Å²) in [6.07, 6.45) is 0.903. The molecular weight excluding hydrogens is 466 g/mol. The first-order chi connectivity index (χ1) is 18.6. The molecule has 0 fully saturated rings. The third kappa shape index (κ3) is 3.23. The lowest BCUT2D eigenvalue weighted by molar-refractivity contribution is -0.129. The largest absolute Gasteiger partial charge is 0.356 e. The second-order valence-corrected chi connectivity index (χ2v) is 10.7. The predicted molar refractivity (Wildman–Crippen MR) is 153 cm³/mol. The van der Waals surface area contributed by atoms with E-state index in [2.05, 4.69) is 96.5 Å². The molecule has 0 radical (unpaired) electrons. The number of amides is 1. The molecule has 0 bridgehead atoms. The zero-order chi connectivity index (χ0) is 25.9. The van der Waals surface area contributed by atoms with Gasteiger partial charge < -0.3 is 9.88 Å². The minimum atomic E-state index is -0.910. The number of fused-ring (bicyclic) bond motifs is 6. The van der Waals surface area contributed by atoms with Crippen LogP contribution in [-0.4, -0.2) is 22.3 Å². The summed E-state index contributed by atoms with van der Waals surface area (Å²) >= 11 is 0. The molecule has 5 aromatic rings. The number of nitrogens with one attached hydrogen (secondary N) is 1. The Labute approximate surface area is 223 Å². The van der Waals surface area contributed by atoms with Gasteiger partial charge >= 0.3 is 0 Å². The Morgan fingerprint density at radius 3 is 2.32 bits per heavy atom. The van der Waals surface area contributed by atoms with E-state index in [1.165, 1.54) is 27.6 Å². The standard InChI is InChI=1S/C34H31N3O/c1-23-11-10-12-24(2)28(23)22-36-20-19-27-26-15-6-8-17-30(26)35-32(27)34(36)29-16-7-9-18-31(29)37(33(34)38)21-25-13-4-3-5-14-25/h3-18,35H,19-22H2,1-2H3/t34-/m0/s1. The molecule has 3 heterocycles. The summed E-state index contributed by atoms with van der Waals surface area (Å²) in [7, 11) is 0. The van der Waals surface area contributed by atoms with Gasteiger partial charge in [0.05, 0.1) is 17.9 Å². The van der Waals surface area contributed by atoms with Gasteiger partial charge in [0.1, 0.15) is 0 Å². The van der Waals surface area contributed by atoms with Crippen molar-refractivity contribution in [3.8, 4) is 0 Å². The van der Waals surface area contributed by atoms with Crippen LogP contribution >= 0.6 is 0 Å². The molecule has 4 nitrogen and oxygen atoms in total. The van der Waals surface area contributed by atoms with Crippen LogP contribution in [0.4, 0.5) is 5.69 Å². The van der Waals surface area contributed by atoms with Gasteiger partial charge in [-0.15, -0.1) is 0 Å². The fourth-order valence-electron chi connectivity index (χ4n) is 6.73. The van der Waals surface area contributed by atoms with Crippen LogP contribution < -0.4 is 4.90 Å². The maximum Gasteiger partial charge on any atom is 0.258 e. The minimum Gasteiger partial charge on any atom is -0.356 e. The van der Waals surface area contributed by atoms with Crippen LogP contribution in [0.15, 0.2) is 97.1 Å². The van der Waals surface area contributed by atoms with E-state index in [4.69, 9.17) is 0 Å². The summed E-state index contributed by atoms with van der Waals surface area (Å²) in [6, 6.07) is 33.7. The number of aryl methyl sites for hydroxylation is 2. The molecule has 188 valence electrons. The number of rotatable bonds is 4. The van der Waals surface area contributed by atoms with E-state index < -0.39 is 5.54 Å². The molecule has 4 heteroatoms. The second-order valence-electron chi connectivity index (χ2n) is 10.7. The van der Waals surface area contributed by atoms with Crippen LogP contribution in [0.3, 0.4) is 0 Å². The number of hydrogen-bond donors (Lipinski definition) is 1. The second kappa shape index (κ2) is 8.71. The number of anilines is 1. The number of aromatic nitrogens is 1. The fraction of sp³-hybridized carbons (Fsp3) is 0.206. The lowest BCUT2D eigenvalue weighted by atomic mass is 9.79. The first-order valence-electron chi connectivity index (χ1n) is 13.4. The molecule has 2 aliphatic rings. The van der Waals surface area contributed by atoms with Crippen LogP contribution in [0.1, 0.15) is 39.1 Å². The highest BCUT2D eigenvalue weighted by molar-refractivity contribution is 6.11. The maximum absolute atomic E-state index is 15.0. The van der Waals surface area contributed by atoms with Gasteiger partial charge in [-0.2, -0.15) is 0 Å². The first-order valence-corrected chi connectivity index (χ1v) is 13.4. The highest BCUT2D eigenvalue weighted by Gasteiger charge is 2.59. The van der Waals surface area contributed by atoms with E-state index >= 15 is 4.79 Å². The van der Waals surface area contributed by atoms with Crippen molar-refractivity contribution in [3.05, 3.63) is 136 Å². The van der Waals surface area contributed by atoms with Gasteiger partial charge in [0.25, 0.3) is 5.91 Å². The molecule has 0 saturated heterocycles. The molecule has 7 rings (SSSR count). The summed E-state index contributed by atoms with van der Waals surface area (Å²) in [5.74, 6) is 0.126. The smallest absolute Gasteiger partial charge is 0.258 e. The Kier molecular flexibility index (Phi) is 5.27. The molecule has 4 aromatic carbocycles. The van der Waals surface area contributed by atoms with Gasteiger partial charge in [0.2, 0.25) is 0 Å². The number of nitrogens with zero attached hydrogens (tertiary/aromatic N) is 2. The lowest BCUT2D eigenvalue weighted by Gasteiger charge is -2.44. The number of carbonyl (C=O) groups is 1. The average Bonchev–Trinajstić information content (AvgIpc) is 3.43. The molecule has 0 saturated carbocycles. The van der Waals surface area contributed by atoms with Crippen molar-refractivity contribution in [3.63, 3.8) is 0 Å². The quantitative estimate of drug-likeness (QED) is 0.303. The van der Waals surface area contributed by atoms with Gasteiger partial charge in [-0.05, 0) is 60.2 Å². The van der Waals surface area contributed by atoms with Gasteiger partial charge in [-0.3, -0.25) is 9.69 Å². The average molecular weight is 498 g/mol. The van der Waals surface area contributed by atoms with E-state index in [0.29, 0.717) is 13.1 Å². The molecule has 0 unspecified atom stereocenters. The molecule has 1 N–H and O–H groups in total. The SMILES string of the molecule is Cc1cccc(C)c1CN1CCc2c([nH]c3ccccc23)[C@@]12C(=O)N(Cc1ccccc1)c1ccccc12. The van der Waals surface area contributed by atoms with Crippen LogP contribution in [-0.2, 0) is 29.8 Å². The Balaban J connectivity index is 1.47. The van der Waals surface area contributed by atoms with Crippen LogP contribution in [0.25, 0.3) is 10.9 Å². The van der Waals surface area contributed by atoms with Crippen molar-refractivity contribution in [2.75, 3.05) is 11.4 Å². The third-order valence-electron chi connectivity index (χ3n) is 8.60. The monoisotopic (exact) mass is 497 g/mol. The summed E-state index contributed by atoms with van der Waals surface area (Å²) in [5, 5.41) is 1.22. The van der Waals surface area contributed by atoms with E-state index in [1.807, 2.05) is 29.2 Å². The highest BCUT2D eigenvalue weighted by Crippen LogP contribution is 2.52. The Hall–Kier alpha value is -4.15. The third-order valence-corrected chi connectivity index (χ3v) is 8.60. The highest BCUT2D eigenvalue weighted by atomic mass is 16.2. The summed E-state index contributed by atoms with van der Waals surface area (Å²) < 4.78 is 0. The van der Waals surface area contributed by atoms with Crippen molar-refractivity contribution >= 4 is 22.5 Å². The van der Waals surface area contributed by atoms with Crippen molar-refractivity contribution in [2.24, 2.45) is 0 Å². The molecule has 1 aromatic heterocycles. The molecule has 1 amide bonds. The van der Waals surface area contributed by atoms with Crippen LogP contribution in [0.2, 0.25) is 0 Å². The van der Waals surface area contributed by atoms with Crippen molar-refractivity contribution in [1.29, 1.82) is 0 Å². The molecular formula is C34H31N3O. The van der Waals surface area contributed by atoms with E-state index in [9.17, 15) is 0 Å². The van der Waals surface area contributed by atoms with Crippen molar-refractivity contribution in [1.82, 2.24) is 9.88 Å². The zero-order valence-electron chi connectivity index (χ0n) is 21.9. The van der Waals surface area contributed by atoms with Crippen molar-refractivity contribution < 1.29 is 4.79 Å². The Morgan fingerprint density at radius 1 is 0.789 bits per heavy atom. The lowest BCUT2D eigenvalue weighted by Crippen LogP contribution is -2.56.